The van der Waals surface area contributed by atoms with Gasteiger partial charge in [-0.25, -0.2) is 0 Å². The normalized spacial score (nSPS) is 26.2. The van der Waals surface area contributed by atoms with E-state index in [0.29, 0.717) is 49.7 Å². The van der Waals surface area contributed by atoms with Gasteiger partial charge in [0, 0.05) is 44.1 Å². The number of amides is 1. The van der Waals surface area contributed by atoms with Crippen molar-refractivity contribution in [3.8, 4) is 11.5 Å². The van der Waals surface area contributed by atoms with Crippen LogP contribution in [0.2, 0.25) is 0 Å². The summed E-state index contributed by atoms with van der Waals surface area (Å²) in [5.41, 5.74) is 2.20. The number of fused-ring (bicyclic) bond motifs is 2. The zero-order valence-electron chi connectivity index (χ0n) is 34.9. The van der Waals surface area contributed by atoms with Gasteiger partial charge in [0.2, 0.25) is 11.7 Å². The lowest BCUT2D eigenvalue weighted by molar-refractivity contribution is -0.258. The highest BCUT2D eigenvalue weighted by molar-refractivity contribution is 6.03. The molecule has 1 aliphatic heterocycles. The lowest BCUT2D eigenvalue weighted by Gasteiger charge is -2.60. The van der Waals surface area contributed by atoms with Gasteiger partial charge in [-0.3, -0.25) is 4.79 Å². The first kappa shape index (κ1) is 44.9. The molecule has 0 unspecified atom stereocenters. The van der Waals surface area contributed by atoms with Crippen LogP contribution in [0.3, 0.4) is 0 Å². The third-order valence-corrected chi connectivity index (χ3v) is 12.1. The maximum Gasteiger partial charge on any atom is 0.239 e. The van der Waals surface area contributed by atoms with Crippen molar-refractivity contribution in [3.05, 3.63) is 60.7 Å². The van der Waals surface area contributed by atoms with E-state index in [1.165, 1.54) is 12.8 Å². The second kappa shape index (κ2) is 21.7. The van der Waals surface area contributed by atoms with Crippen LogP contribution in [0.5, 0.6) is 11.5 Å². The van der Waals surface area contributed by atoms with Crippen molar-refractivity contribution in [1.82, 2.24) is 4.90 Å². The molecule has 11 nitrogen and oxygen atoms in total. The van der Waals surface area contributed by atoms with Crippen LogP contribution in [0.1, 0.15) is 116 Å². The van der Waals surface area contributed by atoms with Crippen LogP contribution in [0.15, 0.2) is 60.3 Å². The summed E-state index contributed by atoms with van der Waals surface area (Å²) in [6.07, 6.45) is 16.9. The highest BCUT2D eigenvalue weighted by atomic mass is 16.7. The largest absolute Gasteiger partial charge is 0.490 e. The van der Waals surface area contributed by atoms with Crippen LogP contribution in [-0.4, -0.2) is 102 Å². The predicted octanol–water partition coefficient (Wildman–Crippen LogP) is 7.49. The summed E-state index contributed by atoms with van der Waals surface area (Å²) in [4.78, 5) is 22.9. The van der Waals surface area contributed by atoms with Gasteiger partial charge in [-0.05, 0) is 94.4 Å². The predicted molar refractivity (Wildman–Crippen MR) is 222 cm³/mol. The highest BCUT2D eigenvalue weighted by Crippen LogP contribution is 2.62. The number of ether oxygens (including phenoxy) is 4. The number of aliphatic hydroxyl groups excluding tert-OH is 3. The van der Waals surface area contributed by atoms with E-state index in [1.54, 1.807) is 12.2 Å². The van der Waals surface area contributed by atoms with Crippen LogP contribution >= 0.6 is 0 Å². The van der Waals surface area contributed by atoms with E-state index >= 15 is 0 Å². The van der Waals surface area contributed by atoms with E-state index < -0.39 is 23.3 Å². The summed E-state index contributed by atoms with van der Waals surface area (Å²) >= 11 is 0. The average molecular weight is 795 g/mol. The Balaban J connectivity index is 1.75. The quantitative estimate of drug-likeness (QED) is 0.0552. The smallest absolute Gasteiger partial charge is 0.239 e. The molecule has 0 aromatic heterocycles. The van der Waals surface area contributed by atoms with Gasteiger partial charge in [0.05, 0.1) is 38.1 Å². The number of unbranched alkanes of at least 4 members (excludes halogenated alkanes) is 2. The van der Waals surface area contributed by atoms with E-state index in [4.69, 9.17) is 28.9 Å². The maximum atomic E-state index is 14.8. The molecule has 3 N–H and O–H groups in total. The first-order valence-electron chi connectivity index (χ1n) is 21.6. The fraction of sp³-hybridized carbons (Fsp3) is 0.696. The summed E-state index contributed by atoms with van der Waals surface area (Å²) in [7, 11) is 0. The van der Waals surface area contributed by atoms with E-state index in [0.717, 1.165) is 61.8 Å². The molecule has 5 rings (SSSR count). The molecule has 4 aliphatic rings. The number of nitrogens with zero attached hydrogens (tertiary/aromatic N) is 2. The van der Waals surface area contributed by atoms with Crippen LogP contribution in [0.4, 0.5) is 0 Å². The summed E-state index contributed by atoms with van der Waals surface area (Å²) in [5, 5.41) is 34.3. The molecule has 3 aliphatic carbocycles. The number of aliphatic hydroxyl groups is 3. The Bertz CT molecular complexity index is 1520. The van der Waals surface area contributed by atoms with Gasteiger partial charge in [0.1, 0.15) is 29.7 Å². The minimum Gasteiger partial charge on any atom is -0.490 e. The maximum absolute atomic E-state index is 14.8. The summed E-state index contributed by atoms with van der Waals surface area (Å²) < 4.78 is 26.4. The fourth-order valence-electron chi connectivity index (χ4n) is 9.64. The minimum atomic E-state index is -1.34. The van der Waals surface area contributed by atoms with Crippen LogP contribution in [0, 0.1) is 23.7 Å². The number of benzene rings is 1. The van der Waals surface area contributed by atoms with Gasteiger partial charge in [-0.15, -0.1) is 6.58 Å². The summed E-state index contributed by atoms with van der Waals surface area (Å²) in [5.74, 6) is 0.279. The molecule has 318 valence electrons. The van der Waals surface area contributed by atoms with Crippen LogP contribution in [0.25, 0.3) is 0 Å². The lowest BCUT2D eigenvalue weighted by atomic mass is 9.55. The van der Waals surface area contributed by atoms with E-state index in [-0.39, 0.29) is 69.8 Å². The van der Waals surface area contributed by atoms with Crippen LogP contribution in [-0.2, 0) is 19.1 Å². The number of carbonyl (C=O) groups is 1. The number of oxime groups is 1. The van der Waals surface area contributed by atoms with Gasteiger partial charge < -0.3 is 44.0 Å². The van der Waals surface area contributed by atoms with Gasteiger partial charge in [0.15, 0.2) is 0 Å². The third-order valence-electron chi connectivity index (χ3n) is 12.1. The van der Waals surface area contributed by atoms with Gasteiger partial charge in [-0.2, -0.15) is 0 Å². The third kappa shape index (κ3) is 11.3. The molecule has 0 spiro atoms. The Morgan fingerprint density at radius 1 is 0.982 bits per heavy atom. The molecule has 0 radical (unpaired) electrons. The zero-order valence-corrected chi connectivity index (χ0v) is 34.9. The molecule has 11 heteroatoms. The fourth-order valence-corrected chi connectivity index (χ4v) is 9.64. The molecule has 2 fully saturated rings. The molecule has 1 aromatic carbocycles. The van der Waals surface area contributed by atoms with E-state index in [2.05, 4.69) is 25.3 Å². The second-order valence-electron chi connectivity index (χ2n) is 17.2. The van der Waals surface area contributed by atoms with Gasteiger partial charge >= 0.3 is 0 Å². The minimum absolute atomic E-state index is 0.0147. The molecule has 6 atom stereocenters. The molecular weight excluding hydrogens is 725 g/mol. The van der Waals surface area contributed by atoms with Crippen molar-refractivity contribution < 1.29 is 43.9 Å². The van der Waals surface area contributed by atoms with Crippen molar-refractivity contribution in [1.29, 1.82) is 0 Å². The molecule has 2 saturated carbocycles. The monoisotopic (exact) mass is 795 g/mol. The highest BCUT2D eigenvalue weighted by Gasteiger charge is 2.65. The Morgan fingerprint density at radius 2 is 1.72 bits per heavy atom. The Morgan fingerprint density at radius 3 is 2.40 bits per heavy atom. The number of carbonyl (C=O) groups excluding carboxylic acids is 1. The number of rotatable bonds is 24. The Hall–Kier alpha value is -3.22. The van der Waals surface area contributed by atoms with Gasteiger partial charge in [-0.1, -0.05) is 68.5 Å². The van der Waals surface area contributed by atoms with E-state index in [1.807, 2.05) is 37.8 Å². The number of hydrogen-bond acceptors (Lipinski definition) is 10. The van der Waals surface area contributed by atoms with Crippen LogP contribution < -0.4 is 9.47 Å². The van der Waals surface area contributed by atoms with Crippen molar-refractivity contribution in [2.75, 3.05) is 52.8 Å². The van der Waals surface area contributed by atoms with Crippen molar-refractivity contribution in [2.24, 2.45) is 28.8 Å². The molecule has 1 amide bonds. The molecule has 1 aromatic rings. The molecule has 57 heavy (non-hydrogen) atoms. The van der Waals surface area contributed by atoms with Gasteiger partial charge in [0.25, 0.3) is 0 Å². The van der Waals surface area contributed by atoms with Crippen molar-refractivity contribution in [3.63, 3.8) is 0 Å². The molecule has 0 bridgehead atoms. The Labute approximate surface area is 341 Å². The standard InChI is InChI=1S/C46H70N2O9/c1-6-26-54-35-19-20-40-38(31-35)43-36(17-11-13-24-50)34(16-10-12-23-49)30-37-39(47-57-45(3,4)5)32-41(46(56-40,44(37)43)55-27-7-2)48(22-28-53-29-25-51)42(52)21-18-33-14-8-9-15-33/h6-7,19-20,30-31,33-34,36,41,43-44,49-51H,1-2,8-18,21-29,32H2,3-5H3/t34-,36+,41-,43+,44+,46+/m0/s1. The molecule has 1 heterocycles. The van der Waals surface area contributed by atoms with E-state index in [9.17, 15) is 20.1 Å². The SMILES string of the molecule is C=CCOc1ccc2c(c1)[C@H]1[C@H](CCCCO)[C@@H](CCCCO)C=C3C(=NOC(C)(C)C)C[C@H](N(CCOCCO)C(=O)CCC4CCCC4)[C@@](OCC=C)(O2)[C@H]31. The Kier molecular flexibility index (Phi) is 17.1. The lowest BCUT2D eigenvalue weighted by Crippen LogP contribution is -2.70. The zero-order chi connectivity index (χ0) is 40.8. The first-order valence-corrected chi connectivity index (χ1v) is 21.6. The topological polar surface area (TPSA) is 140 Å². The molecule has 0 saturated heterocycles. The first-order chi connectivity index (χ1) is 27.6. The average Bonchev–Trinajstić information content (AvgIpc) is 3.73. The van der Waals surface area contributed by atoms with Crippen molar-refractivity contribution in [2.45, 2.75) is 128 Å². The summed E-state index contributed by atoms with van der Waals surface area (Å²) in [6.45, 7) is 15.2. The summed E-state index contributed by atoms with van der Waals surface area (Å²) in [6, 6.07) is 5.35. The molecular formula is C46H70N2O9. The second-order valence-corrected chi connectivity index (χ2v) is 17.2. The number of allylic oxidation sites excluding steroid dienone is 1. The van der Waals surface area contributed by atoms with Crippen molar-refractivity contribution >= 4 is 11.6 Å². The number of hydrogen-bond donors (Lipinski definition) is 3.